The van der Waals surface area contributed by atoms with Crippen molar-refractivity contribution in [3.63, 3.8) is 0 Å². The Bertz CT molecular complexity index is 726. The molecule has 1 atom stereocenters. The first kappa shape index (κ1) is 24.5. The number of hydrogen-bond acceptors (Lipinski definition) is 6. The zero-order chi connectivity index (χ0) is 20.4. The second-order valence-corrected chi connectivity index (χ2v) is 9.03. The third-order valence-corrected chi connectivity index (χ3v) is 4.73. The highest BCUT2D eigenvalue weighted by Crippen LogP contribution is 2.20. The van der Waals surface area contributed by atoms with E-state index in [0.717, 1.165) is 0 Å². The fourth-order valence-electron chi connectivity index (χ4n) is 1.82. The van der Waals surface area contributed by atoms with E-state index < -0.39 is 20.7 Å². The molecule has 0 aromatic heterocycles. The van der Waals surface area contributed by atoms with Crippen molar-refractivity contribution in [1.82, 2.24) is 10.2 Å². The molecule has 0 saturated heterocycles. The fourth-order valence-corrected chi connectivity index (χ4v) is 3.40. The molecule has 0 rings (SSSR count). The summed E-state index contributed by atoms with van der Waals surface area (Å²) in [5.41, 5.74) is 1.49. The van der Waals surface area contributed by atoms with Crippen LogP contribution in [0.2, 0.25) is 0 Å². The molecule has 0 bridgehead atoms. The summed E-state index contributed by atoms with van der Waals surface area (Å²) in [5, 5.41) is 7.60. The van der Waals surface area contributed by atoms with Crippen molar-refractivity contribution < 1.29 is 23.2 Å². The minimum absolute atomic E-state index is 0.00304. The Hall–Kier alpha value is -1.50. The predicted octanol–water partition coefficient (Wildman–Crippen LogP) is 1.53. The van der Waals surface area contributed by atoms with Gasteiger partial charge in [0.15, 0.2) is 5.25 Å². The Morgan fingerprint density at radius 2 is 1.96 bits per heavy atom. The maximum absolute atomic E-state index is 12.5. The SMILES string of the molecule is C/C(Cl)=C\C(C#C/C=C(\C)C=O)S(=O)(=O)NCC(C)(C)CC(=O)CNO. The van der Waals surface area contributed by atoms with Gasteiger partial charge >= 0.3 is 0 Å². The van der Waals surface area contributed by atoms with Crippen LogP contribution < -0.4 is 10.2 Å². The van der Waals surface area contributed by atoms with Crippen LogP contribution in [0.1, 0.15) is 34.1 Å². The summed E-state index contributed by atoms with van der Waals surface area (Å²) < 4.78 is 27.5. The molecule has 0 saturated carbocycles. The van der Waals surface area contributed by atoms with Crippen molar-refractivity contribution in [2.75, 3.05) is 13.1 Å². The predicted molar refractivity (Wildman–Crippen MR) is 101 cm³/mol. The van der Waals surface area contributed by atoms with E-state index in [-0.39, 0.29) is 30.3 Å². The number of rotatable bonds is 10. The van der Waals surface area contributed by atoms with Crippen molar-refractivity contribution in [1.29, 1.82) is 0 Å². The Morgan fingerprint density at radius 3 is 2.46 bits per heavy atom. The van der Waals surface area contributed by atoms with E-state index in [2.05, 4.69) is 16.6 Å². The first-order valence-electron chi connectivity index (χ1n) is 7.77. The molecule has 26 heavy (non-hydrogen) atoms. The van der Waals surface area contributed by atoms with Crippen LogP contribution in [0.4, 0.5) is 0 Å². The summed E-state index contributed by atoms with van der Waals surface area (Å²) in [6.07, 6.45) is 3.29. The number of carbonyl (C=O) groups excluding carboxylic acids is 2. The van der Waals surface area contributed by atoms with Gasteiger partial charge in [0.25, 0.3) is 0 Å². The standard InChI is InChI=1S/C17H25ClN2O5S/c1-13(11-21)6-5-7-16(8-14(2)18)26(24,25)20-12-17(3,4)9-15(22)10-19-23/h6,8,11,16,19-20,23H,9-10,12H2,1-4H3/b13-6+,14-8+. The summed E-state index contributed by atoms with van der Waals surface area (Å²) in [7, 11) is -3.88. The van der Waals surface area contributed by atoms with Crippen LogP contribution in [0.25, 0.3) is 0 Å². The lowest BCUT2D eigenvalue weighted by atomic mass is 9.87. The molecule has 7 nitrogen and oxygen atoms in total. The number of halogens is 1. The van der Waals surface area contributed by atoms with Gasteiger partial charge in [0.1, 0.15) is 12.1 Å². The molecule has 1 unspecified atom stereocenters. The van der Waals surface area contributed by atoms with Crippen LogP contribution in [-0.4, -0.2) is 44.0 Å². The molecular weight excluding hydrogens is 380 g/mol. The Morgan fingerprint density at radius 1 is 1.35 bits per heavy atom. The van der Waals surface area contributed by atoms with E-state index in [1.54, 1.807) is 26.3 Å². The third kappa shape index (κ3) is 10.5. The lowest BCUT2D eigenvalue weighted by Crippen LogP contribution is -2.40. The molecule has 0 aliphatic carbocycles. The Labute approximate surface area is 159 Å². The Kier molecular flexibility index (Phi) is 10.6. The van der Waals surface area contributed by atoms with Crippen molar-refractivity contribution in [2.24, 2.45) is 5.41 Å². The number of ketones is 1. The summed E-state index contributed by atoms with van der Waals surface area (Å²) in [4.78, 5) is 22.2. The number of sulfonamides is 1. The highest BCUT2D eigenvalue weighted by atomic mass is 35.5. The van der Waals surface area contributed by atoms with E-state index in [4.69, 9.17) is 16.8 Å². The van der Waals surface area contributed by atoms with Crippen molar-refractivity contribution in [3.8, 4) is 11.8 Å². The largest absolute Gasteiger partial charge is 0.316 e. The van der Waals surface area contributed by atoms with E-state index in [1.807, 2.05) is 0 Å². The molecule has 0 aromatic carbocycles. The van der Waals surface area contributed by atoms with Gasteiger partial charge in [0.2, 0.25) is 10.0 Å². The number of hydrogen-bond donors (Lipinski definition) is 3. The first-order valence-corrected chi connectivity index (χ1v) is 9.70. The quantitative estimate of drug-likeness (QED) is 0.220. The van der Waals surface area contributed by atoms with Crippen molar-refractivity contribution in [3.05, 3.63) is 22.8 Å². The molecule has 0 radical (unpaired) electrons. The number of Topliss-reactive ketones (excluding diaryl/α,β-unsaturated/α-hetero) is 1. The highest BCUT2D eigenvalue weighted by molar-refractivity contribution is 7.90. The molecule has 0 fully saturated rings. The number of carbonyl (C=O) groups is 2. The number of hydroxylamine groups is 1. The first-order chi connectivity index (χ1) is 11.9. The van der Waals surface area contributed by atoms with Gasteiger partial charge in [0, 0.05) is 18.0 Å². The highest BCUT2D eigenvalue weighted by Gasteiger charge is 2.27. The van der Waals surface area contributed by atoms with Crippen LogP contribution >= 0.6 is 11.6 Å². The number of allylic oxidation sites excluding steroid dienone is 3. The molecule has 0 amide bonds. The minimum Gasteiger partial charge on any atom is -0.316 e. The normalized spacial score (nSPS) is 14.4. The summed E-state index contributed by atoms with van der Waals surface area (Å²) in [6.45, 7) is 6.33. The Balaban J connectivity index is 5.29. The maximum atomic E-state index is 12.5. The molecule has 0 aliphatic heterocycles. The van der Waals surface area contributed by atoms with E-state index in [1.165, 1.54) is 19.1 Å². The zero-order valence-electron chi connectivity index (χ0n) is 15.3. The molecule has 146 valence electrons. The molecule has 0 spiro atoms. The van der Waals surface area contributed by atoms with Crippen LogP contribution in [0.15, 0.2) is 22.8 Å². The lowest BCUT2D eigenvalue weighted by molar-refractivity contribution is -0.121. The second kappa shape index (κ2) is 11.3. The molecule has 0 aromatic rings. The summed E-state index contributed by atoms with van der Waals surface area (Å²) >= 11 is 5.80. The third-order valence-electron chi connectivity index (χ3n) is 3.13. The molecule has 3 N–H and O–H groups in total. The van der Waals surface area contributed by atoms with Crippen LogP contribution in [0, 0.1) is 17.3 Å². The molecule has 0 heterocycles. The van der Waals surface area contributed by atoms with Crippen molar-refractivity contribution >= 4 is 33.7 Å². The van der Waals surface area contributed by atoms with Gasteiger partial charge in [-0.2, -0.15) is 5.48 Å². The smallest absolute Gasteiger partial charge is 0.229 e. The lowest BCUT2D eigenvalue weighted by Gasteiger charge is -2.24. The minimum atomic E-state index is -3.88. The maximum Gasteiger partial charge on any atom is 0.229 e. The number of aldehydes is 1. The second-order valence-electron chi connectivity index (χ2n) is 6.55. The van der Waals surface area contributed by atoms with Crippen LogP contribution in [0.5, 0.6) is 0 Å². The van der Waals surface area contributed by atoms with Gasteiger partial charge in [-0.1, -0.05) is 37.3 Å². The zero-order valence-corrected chi connectivity index (χ0v) is 16.9. The molecular formula is C17H25ClN2O5S. The van der Waals surface area contributed by atoms with Gasteiger partial charge in [0.05, 0.1) is 6.54 Å². The summed E-state index contributed by atoms with van der Waals surface area (Å²) in [6, 6.07) is 0. The van der Waals surface area contributed by atoms with Gasteiger partial charge in [-0.15, -0.1) is 0 Å². The topological polar surface area (TPSA) is 113 Å². The van der Waals surface area contributed by atoms with E-state index >= 15 is 0 Å². The fraction of sp³-hybridized carbons (Fsp3) is 0.529. The van der Waals surface area contributed by atoms with Gasteiger partial charge < -0.3 is 5.21 Å². The average molecular weight is 405 g/mol. The van der Waals surface area contributed by atoms with Gasteiger partial charge in [-0.3, -0.25) is 9.59 Å². The monoisotopic (exact) mass is 404 g/mol. The van der Waals surface area contributed by atoms with E-state index in [9.17, 15) is 18.0 Å². The van der Waals surface area contributed by atoms with Crippen molar-refractivity contribution in [2.45, 2.75) is 39.4 Å². The summed E-state index contributed by atoms with van der Waals surface area (Å²) in [5.74, 6) is 4.83. The van der Waals surface area contributed by atoms with Gasteiger partial charge in [-0.05, 0) is 37.0 Å². The molecule has 9 heteroatoms. The number of nitrogens with one attached hydrogen (secondary N) is 2. The molecule has 0 aliphatic rings. The average Bonchev–Trinajstić information content (AvgIpc) is 2.51. The van der Waals surface area contributed by atoms with Crippen LogP contribution in [-0.2, 0) is 19.6 Å². The van der Waals surface area contributed by atoms with Crippen LogP contribution in [0.3, 0.4) is 0 Å². The van der Waals surface area contributed by atoms with E-state index in [0.29, 0.717) is 11.9 Å². The van der Waals surface area contributed by atoms with Gasteiger partial charge in [-0.25, -0.2) is 13.1 Å².